The van der Waals surface area contributed by atoms with Gasteiger partial charge in [-0.3, -0.25) is 9.59 Å². The number of aromatic hydroxyl groups is 1. The van der Waals surface area contributed by atoms with Crippen LogP contribution in [0.3, 0.4) is 0 Å². The quantitative estimate of drug-likeness (QED) is 0.749. The number of carbonyl (C=O) groups is 2. The fourth-order valence-electron chi connectivity index (χ4n) is 4.30. The Morgan fingerprint density at radius 3 is 2.28 bits per heavy atom. The summed E-state index contributed by atoms with van der Waals surface area (Å²) in [7, 11) is 4.16. The van der Waals surface area contributed by atoms with Gasteiger partial charge in [-0.25, -0.2) is 0 Å². The molecule has 1 aliphatic carbocycles. The van der Waals surface area contributed by atoms with Gasteiger partial charge >= 0.3 is 5.97 Å². The molecule has 0 radical (unpaired) electrons. The third-order valence-electron chi connectivity index (χ3n) is 5.57. The van der Waals surface area contributed by atoms with Gasteiger partial charge in [-0.2, -0.15) is 0 Å². The summed E-state index contributed by atoms with van der Waals surface area (Å²) in [6, 6.07) is 3.24. The summed E-state index contributed by atoms with van der Waals surface area (Å²) >= 11 is 0. The van der Waals surface area contributed by atoms with Crippen LogP contribution in [0.25, 0.3) is 0 Å². The van der Waals surface area contributed by atoms with E-state index in [2.05, 4.69) is 11.9 Å². The molecule has 2 unspecified atom stereocenters. The number of phenolic OH excluding ortho intramolecular Hbond substituents is 1. The van der Waals surface area contributed by atoms with Crippen LogP contribution in [-0.2, 0) is 14.3 Å². The predicted molar refractivity (Wildman–Crippen MR) is 107 cm³/mol. The average molecular weight is 401 g/mol. The van der Waals surface area contributed by atoms with Crippen molar-refractivity contribution < 1.29 is 28.9 Å². The van der Waals surface area contributed by atoms with Crippen LogP contribution >= 0.6 is 0 Å². The van der Waals surface area contributed by atoms with Crippen molar-refractivity contribution in [1.82, 2.24) is 5.32 Å². The molecule has 1 aliphatic heterocycles. The van der Waals surface area contributed by atoms with E-state index in [-0.39, 0.29) is 28.4 Å². The number of methoxy groups -OCH3 is 3. The monoisotopic (exact) mass is 401 g/mol. The van der Waals surface area contributed by atoms with Crippen LogP contribution in [-0.4, -0.2) is 38.2 Å². The first-order chi connectivity index (χ1) is 13.6. The zero-order valence-corrected chi connectivity index (χ0v) is 17.4. The average Bonchev–Trinajstić information content (AvgIpc) is 2.65. The zero-order valence-electron chi connectivity index (χ0n) is 17.4. The molecule has 7 heteroatoms. The standard InChI is InChI=1S/C22H27NO6/c1-11-17(21(26)29-6)18(12-7-15(27-4)20(25)16(8-12)28-5)19-13(23-11)9-22(2,3)10-14(19)24/h7-8,17-18,23,25H,1,9-10H2,2-6H3. The molecule has 1 aromatic carbocycles. The molecule has 29 heavy (non-hydrogen) atoms. The molecule has 3 rings (SSSR count). The predicted octanol–water partition coefficient (Wildman–Crippen LogP) is 3.04. The highest BCUT2D eigenvalue weighted by atomic mass is 16.5. The number of esters is 1. The first-order valence-corrected chi connectivity index (χ1v) is 9.38. The molecule has 0 bridgehead atoms. The molecule has 0 saturated heterocycles. The third-order valence-corrected chi connectivity index (χ3v) is 5.57. The number of ketones is 1. The maximum atomic E-state index is 13.2. The van der Waals surface area contributed by atoms with E-state index in [1.165, 1.54) is 21.3 Å². The first-order valence-electron chi connectivity index (χ1n) is 9.38. The summed E-state index contributed by atoms with van der Waals surface area (Å²) in [5.74, 6) is -1.72. The fraction of sp³-hybridized carbons (Fsp3) is 0.455. The van der Waals surface area contributed by atoms with Crippen LogP contribution in [0.5, 0.6) is 17.2 Å². The van der Waals surface area contributed by atoms with Crippen molar-refractivity contribution in [1.29, 1.82) is 0 Å². The normalized spacial score (nSPS) is 23.2. The largest absolute Gasteiger partial charge is 0.502 e. The number of benzene rings is 1. The highest BCUT2D eigenvalue weighted by Gasteiger charge is 2.47. The van der Waals surface area contributed by atoms with Crippen LogP contribution < -0.4 is 14.8 Å². The Labute approximate surface area is 170 Å². The van der Waals surface area contributed by atoms with Gasteiger partial charge in [-0.15, -0.1) is 0 Å². The van der Waals surface area contributed by atoms with E-state index in [0.29, 0.717) is 29.7 Å². The number of ether oxygens (including phenoxy) is 3. The zero-order chi connectivity index (χ0) is 21.5. The molecule has 1 aromatic rings. The van der Waals surface area contributed by atoms with Crippen molar-refractivity contribution in [2.75, 3.05) is 21.3 Å². The highest BCUT2D eigenvalue weighted by molar-refractivity contribution is 6.01. The number of allylic oxidation sites excluding steroid dienone is 2. The molecule has 0 aromatic heterocycles. The maximum Gasteiger partial charge on any atom is 0.315 e. The van der Waals surface area contributed by atoms with Crippen LogP contribution in [0, 0.1) is 11.3 Å². The summed E-state index contributed by atoms with van der Waals surface area (Å²) in [6.07, 6.45) is 1.03. The molecule has 0 saturated carbocycles. The molecule has 156 valence electrons. The molecule has 2 N–H and O–H groups in total. The van der Waals surface area contributed by atoms with E-state index < -0.39 is 17.8 Å². The van der Waals surface area contributed by atoms with E-state index >= 15 is 0 Å². The molecule has 2 aliphatic rings. The highest BCUT2D eigenvalue weighted by Crippen LogP contribution is 2.50. The van der Waals surface area contributed by atoms with E-state index in [0.717, 1.165) is 5.70 Å². The Bertz CT molecular complexity index is 889. The Morgan fingerprint density at radius 2 is 1.76 bits per heavy atom. The second-order valence-corrected chi connectivity index (χ2v) is 8.24. The molecule has 0 spiro atoms. The SMILES string of the molecule is C=C1NC2=C(C(=O)CC(C)(C)C2)C(c2cc(OC)c(O)c(OC)c2)C1C(=O)OC. The minimum Gasteiger partial charge on any atom is -0.502 e. The number of rotatable bonds is 4. The molecular weight excluding hydrogens is 374 g/mol. The molecule has 7 nitrogen and oxygen atoms in total. The molecule has 1 heterocycles. The van der Waals surface area contributed by atoms with E-state index in [9.17, 15) is 14.7 Å². The second-order valence-electron chi connectivity index (χ2n) is 8.24. The van der Waals surface area contributed by atoms with E-state index in [1.807, 2.05) is 13.8 Å². The van der Waals surface area contributed by atoms with Gasteiger partial charge in [0, 0.05) is 29.3 Å². The lowest BCUT2D eigenvalue weighted by Gasteiger charge is -2.42. The van der Waals surface area contributed by atoms with Gasteiger partial charge in [-0.1, -0.05) is 20.4 Å². The molecular formula is C22H27NO6. The van der Waals surface area contributed by atoms with Crippen molar-refractivity contribution in [3.63, 3.8) is 0 Å². The number of hydrogen-bond acceptors (Lipinski definition) is 7. The number of carbonyl (C=O) groups excluding carboxylic acids is 2. The summed E-state index contributed by atoms with van der Waals surface area (Å²) in [4.78, 5) is 25.9. The molecule has 2 atom stereocenters. The molecule has 0 amide bonds. The number of nitrogens with one attached hydrogen (secondary N) is 1. The lowest BCUT2D eigenvalue weighted by molar-refractivity contribution is -0.144. The van der Waals surface area contributed by atoms with Crippen molar-refractivity contribution in [3.05, 3.63) is 41.2 Å². The van der Waals surface area contributed by atoms with Crippen LogP contribution in [0.1, 0.15) is 38.2 Å². The van der Waals surface area contributed by atoms with Crippen LogP contribution in [0.15, 0.2) is 35.7 Å². The van der Waals surface area contributed by atoms with Gasteiger partial charge in [0.1, 0.15) is 5.92 Å². The van der Waals surface area contributed by atoms with Crippen LogP contribution in [0.2, 0.25) is 0 Å². The van der Waals surface area contributed by atoms with Crippen molar-refractivity contribution >= 4 is 11.8 Å². The minimum atomic E-state index is -0.803. The van der Waals surface area contributed by atoms with Gasteiger partial charge in [0.05, 0.1) is 21.3 Å². The Morgan fingerprint density at radius 1 is 1.17 bits per heavy atom. The van der Waals surface area contributed by atoms with Gasteiger partial charge in [0.15, 0.2) is 17.3 Å². The van der Waals surface area contributed by atoms with E-state index in [1.54, 1.807) is 12.1 Å². The van der Waals surface area contributed by atoms with Crippen LogP contribution in [0.4, 0.5) is 0 Å². The van der Waals surface area contributed by atoms with E-state index in [4.69, 9.17) is 14.2 Å². The third kappa shape index (κ3) is 3.57. The Balaban J connectivity index is 2.27. The van der Waals surface area contributed by atoms with Crippen molar-refractivity contribution in [2.45, 2.75) is 32.6 Å². The minimum absolute atomic E-state index is 0.0267. The summed E-state index contributed by atoms with van der Waals surface area (Å²) in [5, 5.41) is 13.5. The smallest absolute Gasteiger partial charge is 0.315 e. The lowest BCUT2D eigenvalue weighted by Crippen LogP contribution is -2.43. The summed E-state index contributed by atoms with van der Waals surface area (Å²) in [6.45, 7) is 8.11. The van der Waals surface area contributed by atoms with Gasteiger partial charge in [-0.05, 0) is 29.5 Å². The summed E-state index contributed by atoms with van der Waals surface area (Å²) in [5.41, 5.74) is 2.19. The lowest BCUT2D eigenvalue weighted by atomic mass is 9.66. The second kappa shape index (κ2) is 7.46. The Kier molecular flexibility index (Phi) is 5.34. The van der Waals surface area contributed by atoms with Gasteiger partial charge in [0.25, 0.3) is 0 Å². The van der Waals surface area contributed by atoms with Crippen molar-refractivity contribution in [3.8, 4) is 17.2 Å². The van der Waals surface area contributed by atoms with Crippen molar-refractivity contribution in [2.24, 2.45) is 11.3 Å². The maximum absolute atomic E-state index is 13.2. The topological polar surface area (TPSA) is 94.1 Å². The summed E-state index contributed by atoms with van der Waals surface area (Å²) < 4.78 is 15.6. The van der Waals surface area contributed by atoms with Gasteiger partial charge in [0.2, 0.25) is 5.75 Å². The Hall–Kier alpha value is -2.96. The number of hydrogen-bond donors (Lipinski definition) is 2. The molecule has 0 fully saturated rings. The first kappa shape index (κ1) is 20.8. The fourth-order valence-corrected chi connectivity index (χ4v) is 4.30. The number of Topliss-reactive ketones (excluding diaryl/α,β-unsaturated/α-hetero) is 1. The van der Waals surface area contributed by atoms with Gasteiger partial charge < -0.3 is 24.6 Å². The number of phenols is 1.